The fraction of sp³-hybridized carbons (Fsp3) is 0.500. The van der Waals surface area contributed by atoms with Crippen molar-refractivity contribution in [2.75, 3.05) is 25.5 Å². The molecule has 1 atom stereocenters. The number of carbonyl (C=O) groups excluding carboxylic acids is 1. The number of anilines is 2. The van der Waals surface area contributed by atoms with Gasteiger partial charge < -0.3 is 15.5 Å². The van der Waals surface area contributed by atoms with Gasteiger partial charge in [-0.25, -0.2) is 15.0 Å². The van der Waals surface area contributed by atoms with Crippen LogP contribution in [-0.4, -0.2) is 45.9 Å². The summed E-state index contributed by atoms with van der Waals surface area (Å²) in [6, 6.07) is 1.95. The number of hydrogen-bond acceptors (Lipinski definition) is 7. The molecule has 1 aliphatic heterocycles. The fourth-order valence-electron chi connectivity index (χ4n) is 2.97. The zero-order valence-electron chi connectivity index (χ0n) is 14.2. The lowest BCUT2D eigenvalue weighted by atomic mass is 10.1. The Hall–Kier alpha value is -2.06. The molecular formula is C16H22N6OS. The van der Waals surface area contributed by atoms with E-state index < -0.39 is 0 Å². The summed E-state index contributed by atoms with van der Waals surface area (Å²) in [7, 11) is 1.79. The third-order valence-corrected chi connectivity index (χ3v) is 4.78. The molecule has 1 aliphatic rings. The van der Waals surface area contributed by atoms with Crippen LogP contribution in [0.15, 0.2) is 12.3 Å². The number of likely N-dealkylation sites (N-methyl/N-ethyl adjacent to an activating group) is 1. The van der Waals surface area contributed by atoms with E-state index in [2.05, 4.69) is 25.6 Å². The van der Waals surface area contributed by atoms with Gasteiger partial charge in [-0.3, -0.25) is 4.79 Å². The molecule has 3 heterocycles. The van der Waals surface area contributed by atoms with Crippen LogP contribution in [0.3, 0.4) is 0 Å². The zero-order chi connectivity index (χ0) is 17.1. The maximum absolute atomic E-state index is 12.3. The van der Waals surface area contributed by atoms with Crippen LogP contribution >= 0.6 is 11.3 Å². The zero-order valence-corrected chi connectivity index (χ0v) is 15.0. The van der Waals surface area contributed by atoms with E-state index in [4.69, 9.17) is 0 Å². The van der Waals surface area contributed by atoms with Crippen LogP contribution in [0.4, 0.5) is 10.9 Å². The minimum absolute atomic E-state index is 0.0196. The molecule has 0 aromatic carbocycles. The van der Waals surface area contributed by atoms with Gasteiger partial charge in [-0.05, 0) is 33.7 Å². The lowest BCUT2D eigenvalue weighted by Gasteiger charge is -2.24. The molecule has 0 spiro atoms. The molecule has 8 heteroatoms. The Morgan fingerprint density at radius 2 is 2.25 bits per heavy atom. The molecule has 3 rings (SSSR count). The summed E-state index contributed by atoms with van der Waals surface area (Å²) < 4.78 is 0. The molecule has 2 N–H and O–H groups in total. The second-order valence-corrected chi connectivity index (χ2v) is 7.14. The Morgan fingerprint density at radius 3 is 2.96 bits per heavy atom. The van der Waals surface area contributed by atoms with Gasteiger partial charge in [0.1, 0.15) is 11.6 Å². The van der Waals surface area contributed by atoms with E-state index in [0.29, 0.717) is 12.4 Å². The van der Waals surface area contributed by atoms with Crippen LogP contribution in [0, 0.1) is 13.8 Å². The highest BCUT2D eigenvalue weighted by atomic mass is 32.1. The molecule has 2 aromatic rings. The standard InChI is InChI=1S/C16H22N6OS/c1-10-8-18-16(24-10)21-14-7-12(19-11(2)20-14)13-5-4-6-22(13)15(23)9-17-3/h7-8,13,17H,4-6,9H2,1-3H3,(H,18,19,20,21)/t13-/m0/s1. The normalized spacial score (nSPS) is 17.3. The Bertz CT molecular complexity index is 731. The number of hydrogen-bond donors (Lipinski definition) is 2. The molecule has 0 aliphatic carbocycles. The number of carbonyl (C=O) groups is 1. The highest BCUT2D eigenvalue weighted by molar-refractivity contribution is 7.15. The van der Waals surface area contributed by atoms with E-state index in [9.17, 15) is 4.79 Å². The third kappa shape index (κ3) is 3.70. The maximum Gasteiger partial charge on any atom is 0.237 e. The number of likely N-dealkylation sites (tertiary alicyclic amines) is 1. The number of thiazole rings is 1. The van der Waals surface area contributed by atoms with Crippen molar-refractivity contribution < 1.29 is 4.79 Å². The minimum Gasteiger partial charge on any atom is -0.333 e. The van der Waals surface area contributed by atoms with E-state index in [1.54, 1.807) is 18.4 Å². The van der Waals surface area contributed by atoms with Crippen LogP contribution in [0.5, 0.6) is 0 Å². The highest BCUT2D eigenvalue weighted by Gasteiger charge is 2.31. The summed E-state index contributed by atoms with van der Waals surface area (Å²) in [5, 5.41) is 6.98. The molecule has 2 aromatic heterocycles. The van der Waals surface area contributed by atoms with Crippen molar-refractivity contribution in [3.8, 4) is 0 Å². The van der Waals surface area contributed by atoms with Crippen molar-refractivity contribution >= 4 is 28.2 Å². The molecule has 1 amide bonds. The number of nitrogens with zero attached hydrogens (tertiary/aromatic N) is 4. The molecule has 24 heavy (non-hydrogen) atoms. The summed E-state index contributed by atoms with van der Waals surface area (Å²) in [5.74, 6) is 1.53. The first kappa shape index (κ1) is 16.8. The predicted octanol–water partition coefficient (Wildman–Crippen LogP) is 2.18. The molecule has 0 radical (unpaired) electrons. The summed E-state index contributed by atoms with van der Waals surface area (Å²) in [6.07, 6.45) is 3.76. The molecule has 128 valence electrons. The van der Waals surface area contributed by atoms with Crippen molar-refractivity contribution in [3.63, 3.8) is 0 Å². The average Bonchev–Trinajstić information content (AvgIpc) is 3.16. The smallest absolute Gasteiger partial charge is 0.237 e. The lowest BCUT2D eigenvalue weighted by Crippen LogP contribution is -2.37. The molecular weight excluding hydrogens is 324 g/mol. The maximum atomic E-state index is 12.3. The van der Waals surface area contributed by atoms with E-state index in [0.717, 1.165) is 40.9 Å². The first-order chi connectivity index (χ1) is 11.6. The van der Waals surface area contributed by atoms with Gasteiger partial charge in [-0.15, -0.1) is 11.3 Å². The summed E-state index contributed by atoms with van der Waals surface area (Å²) in [4.78, 5) is 28.7. The van der Waals surface area contributed by atoms with Gasteiger partial charge in [-0.2, -0.15) is 0 Å². The Labute approximate surface area is 145 Å². The van der Waals surface area contributed by atoms with Gasteiger partial charge in [0.05, 0.1) is 18.3 Å². The van der Waals surface area contributed by atoms with Crippen LogP contribution in [0.25, 0.3) is 0 Å². The molecule has 7 nitrogen and oxygen atoms in total. The number of rotatable bonds is 5. The number of aromatic nitrogens is 3. The van der Waals surface area contributed by atoms with Gasteiger partial charge in [-0.1, -0.05) is 0 Å². The third-order valence-electron chi connectivity index (χ3n) is 3.96. The Balaban J connectivity index is 1.83. The lowest BCUT2D eigenvalue weighted by molar-refractivity contribution is -0.131. The second-order valence-electron chi connectivity index (χ2n) is 5.90. The van der Waals surface area contributed by atoms with Gasteiger partial charge >= 0.3 is 0 Å². The van der Waals surface area contributed by atoms with E-state index in [1.165, 1.54) is 0 Å². The van der Waals surface area contributed by atoms with Gasteiger partial charge in [0, 0.05) is 23.7 Å². The number of nitrogens with one attached hydrogen (secondary N) is 2. The van der Waals surface area contributed by atoms with Crippen molar-refractivity contribution in [2.24, 2.45) is 0 Å². The van der Waals surface area contributed by atoms with E-state index in [1.807, 2.05) is 31.0 Å². The first-order valence-electron chi connectivity index (χ1n) is 8.06. The van der Waals surface area contributed by atoms with Gasteiger partial charge in [0.2, 0.25) is 5.91 Å². The molecule has 1 fully saturated rings. The van der Waals surface area contributed by atoms with Crippen molar-refractivity contribution in [1.29, 1.82) is 0 Å². The van der Waals surface area contributed by atoms with Gasteiger partial charge in [0.15, 0.2) is 5.13 Å². The topological polar surface area (TPSA) is 83.0 Å². The summed E-state index contributed by atoms with van der Waals surface area (Å²) in [6.45, 7) is 5.02. The SMILES string of the molecule is CNCC(=O)N1CCC[C@H]1c1cc(Nc2ncc(C)s2)nc(C)n1. The Kier molecular flexibility index (Phi) is 5.06. The largest absolute Gasteiger partial charge is 0.333 e. The van der Waals surface area contributed by atoms with Crippen molar-refractivity contribution in [1.82, 2.24) is 25.2 Å². The highest BCUT2D eigenvalue weighted by Crippen LogP contribution is 2.32. The monoisotopic (exact) mass is 346 g/mol. The number of aryl methyl sites for hydroxylation is 2. The first-order valence-corrected chi connectivity index (χ1v) is 8.87. The minimum atomic E-state index is 0.0196. The number of amides is 1. The average molecular weight is 346 g/mol. The van der Waals surface area contributed by atoms with E-state index in [-0.39, 0.29) is 11.9 Å². The van der Waals surface area contributed by atoms with Crippen LogP contribution in [0.2, 0.25) is 0 Å². The van der Waals surface area contributed by atoms with Crippen molar-refractivity contribution in [3.05, 3.63) is 28.7 Å². The Morgan fingerprint density at radius 1 is 1.42 bits per heavy atom. The summed E-state index contributed by atoms with van der Waals surface area (Å²) >= 11 is 1.58. The molecule has 1 saturated heterocycles. The van der Waals surface area contributed by atoms with Gasteiger partial charge in [0.25, 0.3) is 0 Å². The molecule has 0 unspecified atom stereocenters. The van der Waals surface area contributed by atoms with Crippen LogP contribution in [-0.2, 0) is 4.79 Å². The van der Waals surface area contributed by atoms with E-state index >= 15 is 0 Å². The summed E-state index contributed by atoms with van der Waals surface area (Å²) in [5.41, 5.74) is 0.889. The fourth-order valence-corrected chi connectivity index (χ4v) is 3.64. The van der Waals surface area contributed by atoms with Crippen LogP contribution < -0.4 is 10.6 Å². The quantitative estimate of drug-likeness (QED) is 0.863. The van der Waals surface area contributed by atoms with Crippen molar-refractivity contribution in [2.45, 2.75) is 32.7 Å². The molecule has 0 saturated carbocycles. The predicted molar refractivity (Wildman–Crippen MR) is 94.5 cm³/mol. The molecule has 0 bridgehead atoms. The second kappa shape index (κ2) is 7.23. The van der Waals surface area contributed by atoms with Crippen LogP contribution in [0.1, 0.15) is 35.3 Å².